The molecule has 0 fully saturated rings. The number of rotatable bonds is 5. The van der Waals surface area contributed by atoms with Crippen LogP contribution >= 0.6 is 0 Å². The molecule has 0 atom stereocenters. The predicted molar refractivity (Wildman–Crippen MR) is 35.7 cm³/mol. The highest BCUT2D eigenvalue weighted by molar-refractivity contribution is 5.76. The molecule has 0 aliphatic heterocycles. The highest BCUT2D eigenvalue weighted by atomic mass is 17.2. The molecule has 0 aromatic carbocycles. The van der Waals surface area contributed by atoms with E-state index >= 15 is 0 Å². The predicted octanol–water partition coefficient (Wildman–Crippen LogP) is 0.278. The molecule has 0 rings (SSSR count). The molecular weight excluding hydrogens is 168 g/mol. The van der Waals surface area contributed by atoms with Gasteiger partial charge in [0, 0.05) is 0 Å². The average molecular weight is 178 g/mol. The third-order valence-corrected chi connectivity index (χ3v) is 0.905. The van der Waals surface area contributed by atoms with Crippen LogP contribution in [0.4, 0.5) is 0 Å². The average Bonchev–Trinajstić information content (AvgIpc) is 2.10. The lowest BCUT2D eigenvalue weighted by atomic mass is 10.3. The smallest absolute Gasteiger partial charge is 0.301 e. The van der Waals surface area contributed by atoms with E-state index < -0.39 is 11.9 Å². The van der Waals surface area contributed by atoms with Crippen LogP contribution in [-0.2, 0) is 24.3 Å². The van der Waals surface area contributed by atoms with Gasteiger partial charge in [0.1, 0.15) is 0 Å². The minimum atomic E-state index is -0.886. The van der Waals surface area contributed by atoms with Gasteiger partial charge in [-0.15, -0.1) is 0 Å². The summed E-state index contributed by atoms with van der Waals surface area (Å²) in [5, 5.41) is 7.79. The van der Waals surface area contributed by atoms with Crippen LogP contribution in [0, 0.1) is 0 Å². The van der Waals surface area contributed by atoms with Crippen molar-refractivity contribution in [3.8, 4) is 0 Å². The summed E-state index contributed by atoms with van der Waals surface area (Å²) in [6, 6.07) is 0. The van der Waals surface area contributed by atoms with Crippen LogP contribution in [0.15, 0.2) is 0 Å². The zero-order valence-corrected chi connectivity index (χ0v) is 6.61. The van der Waals surface area contributed by atoms with Crippen molar-refractivity contribution in [1.82, 2.24) is 0 Å². The van der Waals surface area contributed by atoms with Crippen LogP contribution in [0.3, 0.4) is 0 Å². The van der Waals surface area contributed by atoms with Crippen LogP contribution in [0.1, 0.15) is 19.8 Å². The largest absolute Gasteiger partial charge is 0.342 e. The van der Waals surface area contributed by atoms with E-state index in [4.69, 9.17) is 5.26 Å². The van der Waals surface area contributed by atoms with Crippen LogP contribution in [0.5, 0.6) is 0 Å². The molecular formula is C6H10O6. The fourth-order valence-electron chi connectivity index (χ4n) is 0.416. The van der Waals surface area contributed by atoms with Gasteiger partial charge >= 0.3 is 11.9 Å². The van der Waals surface area contributed by atoms with E-state index in [1.54, 1.807) is 6.92 Å². The summed E-state index contributed by atoms with van der Waals surface area (Å²) >= 11 is 0. The molecule has 0 amide bonds. The van der Waals surface area contributed by atoms with Gasteiger partial charge in [-0.25, -0.2) is 9.59 Å². The summed E-state index contributed by atoms with van der Waals surface area (Å²) in [5.74, 6) is -1.56. The SMILES string of the molecule is CCOOC(=O)CCC(=O)OO. The van der Waals surface area contributed by atoms with Gasteiger partial charge in [0.15, 0.2) is 0 Å². The van der Waals surface area contributed by atoms with E-state index in [-0.39, 0.29) is 19.4 Å². The molecule has 12 heavy (non-hydrogen) atoms. The molecule has 0 heterocycles. The zero-order valence-electron chi connectivity index (χ0n) is 6.61. The fourth-order valence-corrected chi connectivity index (χ4v) is 0.416. The van der Waals surface area contributed by atoms with Gasteiger partial charge in [-0.2, -0.15) is 10.1 Å². The number of carbonyl (C=O) groups excluding carboxylic acids is 2. The van der Waals surface area contributed by atoms with Gasteiger partial charge in [-0.3, -0.25) is 4.89 Å². The molecule has 6 nitrogen and oxygen atoms in total. The summed E-state index contributed by atoms with van der Waals surface area (Å²) in [5.41, 5.74) is 0. The Morgan fingerprint density at radius 3 is 2.33 bits per heavy atom. The van der Waals surface area contributed by atoms with Crippen molar-refractivity contribution in [1.29, 1.82) is 0 Å². The van der Waals surface area contributed by atoms with Crippen molar-refractivity contribution in [3.05, 3.63) is 0 Å². The molecule has 6 heteroatoms. The number of hydrogen-bond acceptors (Lipinski definition) is 6. The van der Waals surface area contributed by atoms with Gasteiger partial charge in [-0.05, 0) is 6.92 Å². The summed E-state index contributed by atoms with van der Waals surface area (Å²) in [6.07, 6.45) is -0.415. The Morgan fingerprint density at radius 1 is 1.25 bits per heavy atom. The van der Waals surface area contributed by atoms with Gasteiger partial charge in [-0.1, -0.05) is 0 Å². The Balaban J connectivity index is 3.37. The Bertz CT molecular complexity index is 154. The lowest BCUT2D eigenvalue weighted by Crippen LogP contribution is -2.09. The molecule has 70 valence electrons. The Hall–Kier alpha value is -1.14. The van der Waals surface area contributed by atoms with Gasteiger partial charge in [0.05, 0.1) is 19.4 Å². The Kier molecular flexibility index (Phi) is 5.94. The third kappa shape index (κ3) is 5.63. The van der Waals surface area contributed by atoms with Crippen molar-refractivity contribution in [2.24, 2.45) is 0 Å². The van der Waals surface area contributed by atoms with E-state index in [2.05, 4.69) is 14.7 Å². The van der Waals surface area contributed by atoms with Crippen molar-refractivity contribution in [2.45, 2.75) is 19.8 Å². The monoisotopic (exact) mass is 178 g/mol. The molecule has 0 aromatic rings. The molecule has 0 saturated carbocycles. The normalized spacial score (nSPS) is 9.17. The quantitative estimate of drug-likeness (QED) is 0.481. The number of hydrogen-bond donors (Lipinski definition) is 1. The third-order valence-electron chi connectivity index (χ3n) is 0.905. The van der Waals surface area contributed by atoms with Crippen molar-refractivity contribution < 1.29 is 29.5 Å². The van der Waals surface area contributed by atoms with E-state index in [0.29, 0.717) is 0 Å². The summed E-state index contributed by atoms with van der Waals surface area (Å²) in [6.45, 7) is 1.89. The van der Waals surface area contributed by atoms with E-state index in [0.717, 1.165) is 0 Å². The first-order chi connectivity index (χ1) is 5.70. The highest BCUT2D eigenvalue weighted by Gasteiger charge is 2.09. The summed E-state index contributed by atoms with van der Waals surface area (Å²) in [4.78, 5) is 32.6. The second kappa shape index (κ2) is 6.56. The van der Waals surface area contributed by atoms with Gasteiger partial charge in [0.2, 0.25) is 0 Å². The fraction of sp³-hybridized carbons (Fsp3) is 0.667. The second-order valence-corrected chi connectivity index (χ2v) is 1.83. The second-order valence-electron chi connectivity index (χ2n) is 1.83. The molecule has 0 bridgehead atoms. The molecule has 0 aliphatic carbocycles. The minimum absolute atomic E-state index is 0.181. The molecule has 0 aliphatic rings. The number of carbonyl (C=O) groups is 2. The van der Waals surface area contributed by atoms with E-state index in [1.165, 1.54) is 0 Å². The van der Waals surface area contributed by atoms with Crippen molar-refractivity contribution >= 4 is 11.9 Å². The molecule has 0 aromatic heterocycles. The first-order valence-electron chi connectivity index (χ1n) is 3.37. The van der Waals surface area contributed by atoms with Crippen LogP contribution in [0.25, 0.3) is 0 Å². The first kappa shape index (κ1) is 10.9. The van der Waals surface area contributed by atoms with Gasteiger partial charge in [0.25, 0.3) is 0 Å². The Morgan fingerprint density at radius 2 is 1.83 bits per heavy atom. The maximum atomic E-state index is 10.6. The molecule has 0 radical (unpaired) electrons. The molecule has 0 spiro atoms. The maximum Gasteiger partial charge on any atom is 0.342 e. The standard InChI is InChI=1S/C6H10O6/c1-2-10-12-6(8)4-3-5(7)11-9/h9H,2-4H2,1H3. The summed E-state index contributed by atoms with van der Waals surface area (Å²) < 4.78 is 0. The molecule has 0 unspecified atom stereocenters. The van der Waals surface area contributed by atoms with Crippen LogP contribution in [-0.4, -0.2) is 23.8 Å². The van der Waals surface area contributed by atoms with E-state index in [9.17, 15) is 9.59 Å². The Labute approximate surface area is 68.9 Å². The summed E-state index contributed by atoms with van der Waals surface area (Å²) in [7, 11) is 0. The van der Waals surface area contributed by atoms with Crippen LogP contribution < -0.4 is 0 Å². The lowest BCUT2D eigenvalue weighted by molar-refractivity contribution is -0.270. The zero-order chi connectivity index (χ0) is 9.40. The van der Waals surface area contributed by atoms with E-state index in [1.807, 2.05) is 0 Å². The van der Waals surface area contributed by atoms with Crippen LogP contribution in [0.2, 0.25) is 0 Å². The molecule has 1 N–H and O–H groups in total. The maximum absolute atomic E-state index is 10.6. The lowest BCUT2D eigenvalue weighted by Gasteiger charge is -1.99. The van der Waals surface area contributed by atoms with Crippen molar-refractivity contribution in [3.63, 3.8) is 0 Å². The highest BCUT2D eigenvalue weighted by Crippen LogP contribution is 1.94. The van der Waals surface area contributed by atoms with Crippen molar-refractivity contribution in [2.75, 3.05) is 6.61 Å². The first-order valence-corrected chi connectivity index (χ1v) is 3.37. The molecule has 0 saturated heterocycles. The topological polar surface area (TPSA) is 82.1 Å². The van der Waals surface area contributed by atoms with Gasteiger partial charge < -0.3 is 4.89 Å². The minimum Gasteiger partial charge on any atom is -0.301 e.